The van der Waals surface area contributed by atoms with Crippen molar-refractivity contribution in [3.63, 3.8) is 0 Å². The lowest BCUT2D eigenvalue weighted by Gasteiger charge is -1.99. The van der Waals surface area contributed by atoms with Crippen LogP contribution in [0.4, 0.5) is 0 Å². The first-order valence-corrected chi connectivity index (χ1v) is 4.42. The van der Waals surface area contributed by atoms with Crippen LogP contribution in [0.5, 0.6) is 11.5 Å². The van der Waals surface area contributed by atoms with Crippen molar-refractivity contribution in [3.05, 3.63) is 23.8 Å². The van der Waals surface area contributed by atoms with E-state index in [0.717, 1.165) is 24.5 Å². The molecule has 1 atom stereocenters. The Hall–Kier alpha value is -1.22. The summed E-state index contributed by atoms with van der Waals surface area (Å²) in [5.74, 6) is 1.71. The first-order chi connectivity index (χ1) is 6.42. The summed E-state index contributed by atoms with van der Waals surface area (Å²) < 4.78 is 15.7. The largest absolute Gasteiger partial charge is 0.454 e. The molecule has 13 heavy (non-hydrogen) atoms. The van der Waals surface area contributed by atoms with Gasteiger partial charge in [0.2, 0.25) is 6.79 Å². The van der Waals surface area contributed by atoms with Crippen molar-refractivity contribution in [2.24, 2.45) is 0 Å². The first kappa shape index (κ1) is 7.21. The molecule has 0 radical (unpaired) electrons. The Morgan fingerprint density at radius 3 is 2.92 bits per heavy atom. The predicted octanol–water partition coefficient (Wildman–Crippen LogP) is 1.36. The molecule has 0 N–H and O–H groups in total. The number of epoxide rings is 1. The van der Waals surface area contributed by atoms with Gasteiger partial charge in [-0.1, -0.05) is 6.07 Å². The normalized spacial score (nSPS) is 23.2. The zero-order chi connectivity index (χ0) is 8.67. The quantitative estimate of drug-likeness (QED) is 0.640. The molecule has 68 valence electrons. The molecule has 1 unspecified atom stereocenters. The van der Waals surface area contributed by atoms with E-state index in [-0.39, 0.29) is 0 Å². The number of hydrogen-bond acceptors (Lipinski definition) is 3. The van der Waals surface area contributed by atoms with Gasteiger partial charge in [-0.15, -0.1) is 0 Å². The second kappa shape index (κ2) is 2.64. The molecular formula is C10H10O3. The Bertz CT molecular complexity index is 331. The topological polar surface area (TPSA) is 31.0 Å². The molecule has 1 saturated heterocycles. The van der Waals surface area contributed by atoms with Gasteiger partial charge in [-0.05, 0) is 17.7 Å². The molecule has 3 nitrogen and oxygen atoms in total. The Balaban J connectivity index is 1.86. The van der Waals surface area contributed by atoms with Crippen LogP contribution in [0.25, 0.3) is 0 Å². The molecule has 0 amide bonds. The van der Waals surface area contributed by atoms with Crippen LogP contribution in [0.3, 0.4) is 0 Å². The number of benzene rings is 1. The number of ether oxygens (including phenoxy) is 3. The fraction of sp³-hybridized carbons (Fsp3) is 0.400. The number of rotatable bonds is 2. The predicted molar refractivity (Wildman–Crippen MR) is 46.0 cm³/mol. The summed E-state index contributed by atoms with van der Waals surface area (Å²) in [5, 5.41) is 0. The van der Waals surface area contributed by atoms with Crippen molar-refractivity contribution < 1.29 is 14.2 Å². The zero-order valence-electron chi connectivity index (χ0n) is 7.16. The van der Waals surface area contributed by atoms with Gasteiger partial charge in [0.05, 0.1) is 12.7 Å². The highest BCUT2D eigenvalue weighted by atomic mass is 16.7. The van der Waals surface area contributed by atoms with Gasteiger partial charge in [-0.3, -0.25) is 0 Å². The van der Waals surface area contributed by atoms with Crippen molar-refractivity contribution in [3.8, 4) is 11.5 Å². The molecule has 0 aromatic heterocycles. The van der Waals surface area contributed by atoms with E-state index in [1.165, 1.54) is 5.56 Å². The van der Waals surface area contributed by atoms with Crippen molar-refractivity contribution in [1.29, 1.82) is 0 Å². The van der Waals surface area contributed by atoms with Crippen molar-refractivity contribution in [2.45, 2.75) is 12.5 Å². The summed E-state index contributed by atoms with van der Waals surface area (Å²) in [7, 11) is 0. The maximum Gasteiger partial charge on any atom is 0.231 e. The Kier molecular flexibility index (Phi) is 1.46. The van der Waals surface area contributed by atoms with Gasteiger partial charge in [0.25, 0.3) is 0 Å². The average Bonchev–Trinajstić information content (AvgIpc) is 2.83. The van der Waals surface area contributed by atoms with Gasteiger partial charge in [0.15, 0.2) is 11.5 Å². The average molecular weight is 178 g/mol. The van der Waals surface area contributed by atoms with E-state index in [9.17, 15) is 0 Å². The lowest BCUT2D eigenvalue weighted by Crippen LogP contribution is -1.93. The minimum atomic E-state index is 0.346. The molecule has 3 heteroatoms. The van der Waals surface area contributed by atoms with Crippen molar-refractivity contribution in [1.82, 2.24) is 0 Å². The van der Waals surface area contributed by atoms with Crippen LogP contribution in [-0.4, -0.2) is 19.5 Å². The highest BCUT2D eigenvalue weighted by molar-refractivity contribution is 5.44. The Morgan fingerprint density at radius 1 is 1.23 bits per heavy atom. The summed E-state index contributed by atoms with van der Waals surface area (Å²) in [6, 6.07) is 6.05. The van der Waals surface area contributed by atoms with E-state index in [1.807, 2.05) is 12.1 Å². The first-order valence-electron chi connectivity index (χ1n) is 4.42. The maximum atomic E-state index is 5.28. The van der Waals surface area contributed by atoms with E-state index in [0.29, 0.717) is 12.9 Å². The number of hydrogen-bond donors (Lipinski definition) is 0. The second-order valence-corrected chi connectivity index (χ2v) is 3.35. The highest BCUT2D eigenvalue weighted by Gasteiger charge is 2.23. The van der Waals surface area contributed by atoms with E-state index >= 15 is 0 Å². The summed E-state index contributed by atoms with van der Waals surface area (Å²) in [4.78, 5) is 0. The lowest BCUT2D eigenvalue weighted by atomic mass is 10.1. The van der Waals surface area contributed by atoms with Crippen molar-refractivity contribution >= 4 is 0 Å². The van der Waals surface area contributed by atoms with E-state index in [1.54, 1.807) is 0 Å². The molecule has 0 spiro atoms. The van der Waals surface area contributed by atoms with Gasteiger partial charge in [0, 0.05) is 6.42 Å². The SMILES string of the molecule is c1cc2c(cc1CC1CO1)OCO2. The molecule has 1 aromatic carbocycles. The molecule has 0 aliphatic carbocycles. The van der Waals surface area contributed by atoms with Crippen LogP contribution in [0, 0.1) is 0 Å². The lowest BCUT2D eigenvalue weighted by molar-refractivity contribution is 0.174. The summed E-state index contributed by atoms with van der Waals surface area (Å²) in [6.07, 6.45) is 1.41. The third kappa shape index (κ3) is 1.35. The third-order valence-electron chi connectivity index (χ3n) is 2.30. The van der Waals surface area contributed by atoms with Crippen LogP contribution in [0.15, 0.2) is 18.2 Å². The Morgan fingerprint density at radius 2 is 2.08 bits per heavy atom. The van der Waals surface area contributed by atoms with Gasteiger partial charge in [0.1, 0.15) is 0 Å². The molecule has 2 heterocycles. The van der Waals surface area contributed by atoms with Gasteiger partial charge < -0.3 is 14.2 Å². The van der Waals surface area contributed by atoms with Crippen LogP contribution in [0.2, 0.25) is 0 Å². The molecule has 2 aliphatic heterocycles. The smallest absolute Gasteiger partial charge is 0.231 e. The van der Waals surface area contributed by atoms with Crippen LogP contribution < -0.4 is 9.47 Å². The minimum Gasteiger partial charge on any atom is -0.454 e. The van der Waals surface area contributed by atoms with Gasteiger partial charge in [-0.25, -0.2) is 0 Å². The second-order valence-electron chi connectivity index (χ2n) is 3.35. The third-order valence-corrected chi connectivity index (χ3v) is 2.30. The molecule has 2 aliphatic rings. The fourth-order valence-corrected chi connectivity index (χ4v) is 1.52. The van der Waals surface area contributed by atoms with Crippen LogP contribution in [0.1, 0.15) is 5.56 Å². The molecular weight excluding hydrogens is 168 g/mol. The number of fused-ring (bicyclic) bond motifs is 1. The van der Waals surface area contributed by atoms with Crippen LogP contribution >= 0.6 is 0 Å². The van der Waals surface area contributed by atoms with E-state index < -0.39 is 0 Å². The Labute approximate surface area is 76.2 Å². The summed E-state index contributed by atoms with van der Waals surface area (Å²) in [5.41, 5.74) is 1.26. The minimum absolute atomic E-state index is 0.346. The highest BCUT2D eigenvalue weighted by Crippen LogP contribution is 2.33. The molecule has 0 saturated carbocycles. The monoisotopic (exact) mass is 178 g/mol. The van der Waals surface area contributed by atoms with E-state index in [4.69, 9.17) is 14.2 Å². The van der Waals surface area contributed by atoms with Gasteiger partial charge in [-0.2, -0.15) is 0 Å². The summed E-state index contributed by atoms with van der Waals surface area (Å²) >= 11 is 0. The van der Waals surface area contributed by atoms with E-state index in [2.05, 4.69) is 6.07 Å². The molecule has 0 bridgehead atoms. The maximum absolute atomic E-state index is 5.28. The van der Waals surface area contributed by atoms with Crippen LogP contribution in [-0.2, 0) is 11.2 Å². The van der Waals surface area contributed by atoms with Crippen molar-refractivity contribution in [2.75, 3.05) is 13.4 Å². The molecule has 1 fully saturated rings. The molecule has 3 rings (SSSR count). The fourth-order valence-electron chi connectivity index (χ4n) is 1.52. The van der Waals surface area contributed by atoms with Gasteiger partial charge >= 0.3 is 0 Å². The standard InChI is InChI=1S/C10H10O3/c1-2-9-10(13-6-12-9)4-7(1)3-8-5-11-8/h1-2,4,8H,3,5-6H2. The molecule has 1 aromatic rings. The zero-order valence-corrected chi connectivity index (χ0v) is 7.16. The summed E-state index contributed by atoms with van der Waals surface area (Å²) in [6.45, 7) is 1.24.